The van der Waals surface area contributed by atoms with Crippen LogP contribution < -0.4 is 0 Å². The Bertz CT molecular complexity index is 1380. The average molecular weight is 785 g/mol. The van der Waals surface area contributed by atoms with Crippen molar-refractivity contribution in [2.45, 2.75) is 192 Å². The molecule has 0 amide bonds. The van der Waals surface area contributed by atoms with Crippen LogP contribution in [0.15, 0.2) is 11.6 Å². The van der Waals surface area contributed by atoms with Crippen LogP contribution in [0.4, 0.5) is 0 Å². The Labute approximate surface area is 327 Å². The molecular formula is C42H72O13. The summed E-state index contributed by atoms with van der Waals surface area (Å²) in [4.78, 5) is 0. The van der Waals surface area contributed by atoms with Crippen molar-refractivity contribution in [1.82, 2.24) is 0 Å². The van der Waals surface area contributed by atoms with E-state index in [2.05, 4.69) is 34.6 Å². The number of aliphatic hydroxyl groups is 9. The lowest BCUT2D eigenvalue weighted by Gasteiger charge is -2.71. The minimum Gasteiger partial charge on any atom is -0.394 e. The lowest BCUT2D eigenvalue weighted by Crippen LogP contribution is -2.68. The lowest BCUT2D eigenvalue weighted by atomic mass is 9.35. The molecule has 6 rings (SSSR count). The molecule has 13 nitrogen and oxygen atoms in total. The average Bonchev–Trinajstić information content (AvgIpc) is 3.49. The van der Waals surface area contributed by atoms with Gasteiger partial charge in [0, 0.05) is 0 Å². The molecule has 0 aromatic carbocycles. The van der Waals surface area contributed by atoms with Crippen LogP contribution in [0.3, 0.4) is 0 Å². The van der Waals surface area contributed by atoms with Gasteiger partial charge < -0.3 is 64.9 Å². The molecule has 4 saturated carbocycles. The number of aliphatic hydroxyl groups excluding tert-OH is 9. The minimum atomic E-state index is -1.68. The first-order chi connectivity index (χ1) is 25.6. The standard InChI is InChI=1S/C42H72O13/c1-21(19-43)10-9-15-42(8,55-37-34(32(50)30(48)26(20-44)53-37)54-36-33(51)31(49)29(47)22(2)52-36)24-13-17-40(6)23(24)11-12-27-39(5)16-14-28(46)38(3,4)35(39)25(45)18-41(27,40)7/h10,22-37,43-51H,9,11-20H2,1-8H3/b21-10-/t22-,23+,24-,25-,26+,27+,28-,29-,30+,31+,32-,33+,34+,35+,36-,37-,39+,40+,41+,42+/m0/s1. The SMILES string of the molecule is C/C(=C/CC[C@@](C)(O[C@@H]1O[C@H](CO)[C@@H](O)[C@H](O)[C@H]1O[C@@H]1O[C@@H](C)[C@H](O)[C@@H](O)[C@H]1O)[C@H]1CC[C@]2(C)[C@@H]1CC[C@@H]1[C@@]3(C)CC[C@H](O)C(C)(C)[C@H]3[C@@H](O)C[C@]12C)CO. The molecule has 0 bridgehead atoms. The Hall–Kier alpha value is -0.780. The quantitative estimate of drug-likeness (QED) is 0.145. The summed E-state index contributed by atoms with van der Waals surface area (Å²) < 4.78 is 25.1. The van der Waals surface area contributed by atoms with Crippen molar-refractivity contribution >= 4 is 0 Å². The highest BCUT2D eigenvalue weighted by Gasteiger charge is 2.71. The van der Waals surface area contributed by atoms with E-state index >= 15 is 0 Å². The third kappa shape index (κ3) is 7.10. The van der Waals surface area contributed by atoms with E-state index in [9.17, 15) is 46.0 Å². The number of allylic oxidation sites excluding steroid dienone is 1. The monoisotopic (exact) mass is 784 g/mol. The van der Waals surface area contributed by atoms with Crippen molar-refractivity contribution < 1.29 is 64.9 Å². The summed E-state index contributed by atoms with van der Waals surface area (Å²) in [6.45, 7) is 16.1. The van der Waals surface area contributed by atoms with Crippen LogP contribution in [0.5, 0.6) is 0 Å². The Kier molecular flexibility index (Phi) is 12.5. The summed E-state index contributed by atoms with van der Waals surface area (Å²) in [6.07, 6.45) is -6.30. The van der Waals surface area contributed by atoms with Gasteiger partial charge in [-0.15, -0.1) is 0 Å². The molecule has 13 heteroatoms. The van der Waals surface area contributed by atoms with Crippen LogP contribution in [-0.4, -0.2) is 138 Å². The van der Waals surface area contributed by atoms with Crippen LogP contribution in [0.1, 0.15) is 113 Å². The largest absolute Gasteiger partial charge is 0.394 e. The zero-order chi connectivity index (χ0) is 40.6. The van der Waals surface area contributed by atoms with E-state index in [4.69, 9.17) is 18.9 Å². The first-order valence-electron chi connectivity index (χ1n) is 20.9. The molecule has 0 aromatic heterocycles. The fourth-order valence-electron chi connectivity index (χ4n) is 13.5. The topological polar surface area (TPSA) is 219 Å². The van der Waals surface area contributed by atoms with Gasteiger partial charge in [-0.1, -0.05) is 46.3 Å². The Morgan fingerprint density at radius 2 is 1.49 bits per heavy atom. The second-order valence-corrected chi connectivity index (χ2v) is 20.0. The number of hydrogen-bond acceptors (Lipinski definition) is 13. The summed E-state index contributed by atoms with van der Waals surface area (Å²) in [5.41, 5.74) is -1.02. The van der Waals surface area contributed by atoms with E-state index in [1.54, 1.807) is 0 Å². The van der Waals surface area contributed by atoms with Gasteiger partial charge in [0.1, 0.15) is 42.7 Å². The van der Waals surface area contributed by atoms with Gasteiger partial charge in [0.2, 0.25) is 0 Å². The normalized spacial score (nSPS) is 52.5. The summed E-state index contributed by atoms with van der Waals surface area (Å²) in [5.74, 6) is 0.501. The fourth-order valence-corrected chi connectivity index (χ4v) is 13.5. The zero-order valence-electron chi connectivity index (χ0n) is 34.3. The molecule has 2 aliphatic heterocycles. The molecule has 2 heterocycles. The lowest BCUT2D eigenvalue weighted by molar-refractivity contribution is -0.379. The van der Waals surface area contributed by atoms with Crippen LogP contribution in [0.25, 0.3) is 0 Å². The number of fused-ring (bicyclic) bond motifs is 5. The zero-order valence-corrected chi connectivity index (χ0v) is 34.3. The summed E-state index contributed by atoms with van der Waals surface area (Å²) >= 11 is 0. The molecule has 2 saturated heterocycles. The predicted molar refractivity (Wildman–Crippen MR) is 201 cm³/mol. The van der Waals surface area contributed by atoms with Crippen LogP contribution in [0, 0.1) is 45.3 Å². The first-order valence-corrected chi connectivity index (χ1v) is 20.9. The maximum atomic E-state index is 12.1. The number of rotatable bonds is 10. The van der Waals surface area contributed by atoms with Crippen molar-refractivity contribution in [3.63, 3.8) is 0 Å². The van der Waals surface area contributed by atoms with Crippen LogP contribution in [-0.2, 0) is 18.9 Å². The molecule has 4 aliphatic carbocycles. The Morgan fingerprint density at radius 1 is 0.800 bits per heavy atom. The van der Waals surface area contributed by atoms with E-state index < -0.39 is 91.2 Å². The van der Waals surface area contributed by atoms with Gasteiger partial charge in [-0.2, -0.15) is 0 Å². The molecule has 6 fully saturated rings. The van der Waals surface area contributed by atoms with E-state index in [1.807, 2.05) is 19.9 Å². The molecule has 0 aromatic rings. The van der Waals surface area contributed by atoms with Gasteiger partial charge in [-0.25, -0.2) is 0 Å². The van der Waals surface area contributed by atoms with Crippen molar-refractivity contribution in [2.24, 2.45) is 45.3 Å². The first kappa shape index (κ1) is 43.8. The van der Waals surface area contributed by atoms with Gasteiger partial charge in [0.15, 0.2) is 12.6 Å². The minimum absolute atomic E-state index is 0.0141. The van der Waals surface area contributed by atoms with Crippen molar-refractivity contribution in [3.8, 4) is 0 Å². The fraction of sp³-hybridized carbons (Fsp3) is 0.952. The Morgan fingerprint density at radius 3 is 2.15 bits per heavy atom. The molecule has 318 valence electrons. The third-order valence-corrected chi connectivity index (χ3v) is 16.7. The van der Waals surface area contributed by atoms with E-state index in [-0.39, 0.29) is 40.6 Å². The second kappa shape index (κ2) is 15.7. The van der Waals surface area contributed by atoms with Crippen LogP contribution >= 0.6 is 0 Å². The summed E-state index contributed by atoms with van der Waals surface area (Å²) in [5, 5.41) is 97.3. The summed E-state index contributed by atoms with van der Waals surface area (Å²) in [7, 11) is 0. The molecule has 0 spiro atoms. The van der Waals surface area contributed by atoms with Gasteiger partial charge in [0.05, 0.1) is 37.1 Å². The number of ether oxygens (including phenoxy) is 4. The van der Waals surface area contributed by atoms with E-state index in [0.717, 1.165) is 44.1 Å². The van der Waals surface area contributed by atoms with Crippen molar-refractivity contribution in [3.05, 3.63) is 11.6 Å². The predicted octanol–water partition coefficient (Wildman–Crippen LogP) is 2.15. The maximum absolute atomic E-state index is 12.1. The summed E-state index contributed by atoms with van der Waals surface area (Å²) in [6, 6.07) is 0. The highest BCUT2D eigenvalue weighted by Crippen LogP contribution is 2.76. The molecule has 20 atom stereocenters. The van der Waals surface area contributed by atoms with Gasteiger partial charge in [-0.3, -0.25) is 0 Å². The van der Waals surface area contributed by atoms with Crippen LogP contribution in [0.2, 0.25) is 0 Å². The maximum Gasteiger partial charge on any atom is 0.187 e. The number of hydrogen-bond donors (Lipinski definition) is 9. The third-order valence-electron chi connectivity index (χ3n) is 16.7. The smallest absolute Gasteiger partial charge is 0.187 e. The highest BCUT2D eigenvalue weighted by atomic mass is 16.8. The molecule has 6 aliphatic rings. The van der Waals surface area contributed by atoms with Gasteiger partial charge in [0.25, 0.3) is 0 Å². The Balaban J connectivity index is 1.34. The van der Waals surface area contributed by atoms with Gasteiger partial charge in [-0.05, 0) is 124 Å². The molecular weight excluding hydrogens is 712 g/mol. The molecule has 0 radical (unpaired) electrons. The van der Waals surface area contributed by atoms with E-state index in [1.165, 1.54) is 6.92 Å². The molecule has 9 N–H and O–H groups in total. The highest BCUT2D eigenvalue weighted by molar-refractivity contribution is 5.20. The molecule has 55 heavy (non-hydrogen) atoms. The van der Waals surface area contributed by atoms with Crippen molar-refractivity contribution in [1.29, 1.82) is 0 Å². The second-order valence-electron chi connectivity index (χ2n) is 20.0. The van der Waals surface area contributed by atoms with Crippen molar-refractivity contribution in [2.75, 3.05) is 13.2 Å². The van der Waals surface area contributed by atoms with E-state index in [0.29, 0.717) is 25.2 Å². The molecule has 0 unspecified atom stereocenters. The van der Waals surface area contributed by atoms with Gasteiger partial charge >= 0.3 is 0 Å².